The lowest BCUT2D eigenvalue weighted by molar-refractivity contribution is 0.256. The van der Waals surface area contributed by atoms with Crippen molar-refractivity contribution in [3.05, 3.63) is 0 Å². The summed E-state index contributed by atoms with van der Waals surface area (Å²) >= 11 is 0. The maximum absolute atomic E-state index is 12.3. The fraction of sp³-hybridized carbons (Fsp3) is 1.00. The molecule has 0 bridgehead atoms. The Bertz CT molecular complexity index is 346. The highest BCUT2D eigenvalue weighted by molar-refractivity contribution is 7.89. The maximum Gasteiger partial charge on any atom is 0.214 e. The lowest BCUT2D eigenvalue weighted by atomic mass is 10.0. The van der Waals surface area contributed by atoms with Gasteiger partial charge in [0, 0.05) is 18.6 Å². The smallest absolute Gasteiger partial charge is 0.214 e. The van der Waals surface area contributed by atoms with Crippen molar-refractivity contribution in [3.8, 4) is 0 Å². The van der Waals surface area contributed by atoms with E-state index in [0.29, 0.717) is 6.04 Å². The fourth-order valence-corrected chi connectivity index (χ4v) is 3.94. The van der Waals surface area contributed by atoms with E-state index in [0.717, 1.165) is 25.8 Å². The lowest BCUT2D eigenvalue weighted by Crippen LogP contribution is -2.46. The van der Waals surface area contributed by atoms with Gasteiger partial charge in [0.25, 0.3) is 0 Å². The third kappa shape index (κ3) is 4.21. The van der Waals surface area contributed by atoms with E-state index in [-0.39, 0.29) is 11.3 Å². The van der Waals surface area contributed by atoms with Crippen LogP contribution in [0.2, 0.25) is 0 Å². The molecular weight excluding hydrogens is 248 g/mol. The molecule has 1 saturated heterocycles. The molecule has 1 N–H and O–H groups in total. The van der Waals surface area contributed by atoms with E-state index < -0.39 is 10.0 Å². The van der Waals surface area contributed by atoms with Crippen molar-refractivity contribution in [2.75, 3.05) is 19.3 Å². The van der Waals surface area contributed by atoms with Gasteiger partial charge in [0.2, 0.25) is 10.0 Å². The third-order valence-corrected chi connectivity index (χ3v) is 6.35. The Kier molecular flexibility index (Phi) is 5.62. The average molecular weight is 276 g/mol. The van der Waals surface area contributed by atoms with Gasteiger partial charge in [0.15, 0.2) is 0 Å². The van der Waals surface area contributed by atoms with Crippen molar-refractivity contribution < 1.29 is 8.42 Å². The molecule has 1 aliphatic heterocycles. The van der Waals surface area contributed by atoms with E-state index in [2.05, 4.69) is 5.32 Å². The molecule has 1 fully saturated rings. The second-order valence-electron chi connectivity index (χ2n) is 5.88. The van der Waals surface area contributed by atoms with Crippen LogP contribution in [-0.4, -0.2) is 43.6 Å². The summed E-state index contributed by atoms with van der Waals surface area (Å²) in [6, 6.07) is 0.381. The van der Waals surface area contributed by atoms with Crippen LogP contribution in [0.25, 0.3) is 0 Å². The zero-order chi connectivity index (χ0) is 13.8. The number of rotatable bonds is 6. The van der Waals surface area contributed by atoms with E-state index in [1.54, 1.807) is 11.4 Å². The molecule has 0 aliphatic carbocycles. The number of nitrogens with zero attached hydrogens (tertiary/aromatic N) is 1. The summed E-state index contributed by atoms with van der Waals surface area (Å²) in [5, 5.41) is 3.40. The van der Waals surface area contributed by atoms with Crippen molar-refractivity contribution >= 4 is 10.0 Å². The van der Waals surface area contributed by atoms with Gasteiger partial charge < -0.3 is 5.32 Å². The highest BCUT2D eigenvalue weighted by Gasteiger charge is 2.31. The maximum atomic E-state index is 12.3. The summed E-state index contributed by atoms with van der Waals surface area (Å²) in [6.07, 6.45) is 5.09. The molecular formula is C13H28N2O2S. The first-order chi connectivity index (χ1) is 8.29. The van der Waals surface area contributed by atoms with Crippen LogP contribution in [0.1, 0.15) is 52.9 Å². The molecule has 1 rings (SSSR count). The standard InChI is InChI=1S/C13H28N2O2S/c1-5-13(2,3)15(4)18(16,17)11-9-12-8-6-7-10-14-12/h12,14H,5-11H2,1-4H3. The van der Waals surface area contributed by atoms with Crippen LogP contribution in [0, 0.1) is 0 Å². The quantitative estimate of drug-likeness (QED) is 0.807. The van der Waals surface area contributed by atoms with Crippen LogP contribution < -0.4 is 5.32 Å². The van der Waals surface area contributed by atoms with E-state index in [1.807, 2.05) is 20.8 Å². The van der Waals surface area contributed by atoms with Gasteiger partial charge in [-0.1, -0.05) is 13.3 Å². The number of hydrogen-bond donors (Lipinski definition) is 1. The van der Waals surface area contributed by atoms with Gasteiger partial charge in [0.05, 0.1) is 5.75 Å². The first kappa shape index (κ1) is 15.9. The Morgan fingerprint density at radius 2 is 2.00 bits per heavy atom. The predicted molar refractivity (Wildman–Crippen MR) is 76.2 cm³/mol. The molecule has 4 nitrogen and oxygen atoms in total. The van der Waals surface area contributed by atoms with Gasteiger partial charge in [-0.25, -0.2) is 8.42 Å². The van der Waals surface area contributed by atoms with Crippen molar-refractivity contribution in [3.63, 3.8) is 0 Å². The molecule has 1 unspecified atom stereocenters. The first-order valence-corrected chi connectivity index (χ1v) is 8.60. The fourth-order valence-electron chi connectivity index (χ4n) is 2.20. The van der Waals surface area contributed by atoms with Gasteiger partial charge in [-0.15, -0.1) is 0 Å². The molecule has 0 saturated carbocycles. The van der Waals surface area contributed by atoms with Crippen molar-refractivity contribution in [2.24, 2.45) is 0 Å². The molecule has 0 aromatic rings. The Balaban J connectivity index is 2.53. The molecule has 1 aliphatic rings. The number of hydrogen-bond acceptors (Lipinski definition) is 3. The first-order valence-electron chi connectivity index (χ1n) is 6.99. The van der Waals surface area contributed by atoms with Crippen molar-refractivity contribution in [1.29, 1.82) is 0 Å². The van der Waals surface area contributed by atoms with Crippen molar-refractivity contribution in [1.82, 2.24) is 9.62 Å². The Labute approximate surface area is 112 Å². The second-order valence-corrected chi connectivity index (χ2v) is 8.00. The Morgan fingerprint density at radius 3 is 2.50 bits per heavy atom. The zero-order valence-corrected chi connectivity index (χ0v) is 13.0. The van der Waals surface area contributed by atoms with E-state index in [4.69, 9.17) is 0 Å². The van der Waals surface area contributed by atoms with Crippen LogP contribution in [0.3, 0.4) is 0 Å². The summed E-state index contributed by atoms with van der Waals surface area (Å²) in [5.41, 5.74) is -0.293. The number of sulfonamides is 1. The minimum Gasteiger partial charge on any atom is -0.314 e. The van der Waals surface area contributed by atoms with Crippen LogP contribution in [0.15, 0.2) is 0 Å². The topological polar surface area (TPSA) is 49.4 Å². The molecule has 108 valence electrons. The third-order valence-electron chi connectivity index (χ3n) is 4.27. The molecule has 0 spiro atoms. The molecule has 1 atom stereocenters. The largest absolute Gasteiger partial charge is 0.314 e. The number of piperidine rings is 1. The minimum atomic E-state index is -3.14. The molecule has 0 amide bonds. The van der Waals surface area contributed by atoms with Gasteiger partial charge in [0.1, 0.15) is 0 Å². The van der Waals surface area contributed by atoms with Crippen LogP contribution >= 0.6 is 0 Å². The van der Waals surface area contributed by atoms with Gasteiger partial charge in [-0.3, -0.25) is 0 Å². The molecule has 0 radical (unpaired) electrons. The monoisotopic (exact) mass is 276 g/mol. The normalized spacial score (nSPS) is 22.4. The summed E-state index contributed by atoms with van der Waals surface area (Å²) < 4.78 is 26.1. The second kappa shape index (κ2) is 6.35. The van der Waals surface area contributed by atoms with Crippen LogP contribution in [0.5, 0.6) is 0 Å². The molecule has 0 aromatic carbocycles. The van der Waals surface area contributed by atoms with E-state index in [1.165, 1.54) is 12.8 Å². The summed E-state index contributed by atoms with van der Waals surface area (Å²) in [7, 11) is -1.43. The SMILES string of the molecule is CCC(C)(C)N(C)S(=O)(=O)CCC1CCCCN1. The Morgan fingerprint density at radius 1 is 1.33 bits per heavy atom. The van der Waals surface area contributed by atoms with Crippen LogP contribution in [0.4, 0.5) is 0 Å². The zero-order valence-electron chi connectivity index (χ0n) is 12.2. The van der Waals surface area contributed by atoms with Crippen molar-refractivity contribution in [2.45, 2.75) is 64.5 Å². The molecule has 1 heterocycles. The van der Waals surface area contributed by atoms with Gasteiger partial charge in [-0.05, 0) is 46.1 Å². The molecule has 0 aromatic heterocycles. The molecule has 18 heavy (non-hydrogen) atoms. The average Bonchev–Trinajstić information content (AvgIpc) is 2.37. The van der Waals surface area contributed by atoms with Gasteiger partial charge in [-0.2, -0.15) is 4.31 Å². The van der Waals surface area contributed by atoms with E-state index >= 15 is 0 Å². The highest BCUT2D eigenvalue weighted by Crippen LogP contribution is 2.21. The highest BCUT2D eigenvalue weighted by atomic mass is 32.2. The summed E-state index contributed by atoms with van der Waals surface area (Å²) in [4.78, 5) is 0. The molecule has 5 heteroatoms. The van der Waals surface area contributed by atoms with Gasteiger partial charge >= 0.3 is 0 Å². The minimum absolute atomic E-state index is 0.255. The summed E-state index contributed by atoms with van der Waals surface area (Å²) in [5.74, 6) is 0.255. The van der Waals surface area contributed by atoms with E-state index in [9.17, 15) is 8.42 Å². The lowest BCUT2D eigenvalue weighted by Gasteiger charge is -2.34. The predicted octanol–water partition coefficient (Wildman–Crippen LogP) is 1.97. The van der Waals surface area contributed by atoms with Crippen LogP contribution in [-0.2, 0) is 10.0 Å². The Hall–Kier alpha value is -0.130. The number of nitrogens with one attached hydrogen (secondary N) is 1. The summed E-state index contributed by atoms with van der Waals surface area (Å²) in [6.45, 7) is 7.00.